The highest BCUT2D eigenvalue weighted by atomic mass is 31.2. The number of H-pyrrole nitrogens is 1. The number of aromatic nitrogens is 1. The Bertz CT molecular complexity index is 1020. The zero-order valence-corrected chi connectivity index (χ0v) is 15.6. The van der Waals surface area contributed by atoms with E-state index in [-0.39, 0.29) is 5.69 Å². The van der Waals surface area contributed by atoms with E-state index in [1.54, 1.807) is 0 Å². The average molecular weight is 356 g/mol. The van der Waals surface area contributed by atoms with Gasteiger partial charge in [-0.2, -0.15) is 0 Å². The standard InChI is InChI=1S/C19H21N2O3P/c1-11-5-6-16-15(10-11)18(17(21-16)19(20)22)25(23,24-4)14-8-12(2)7-13(3)9-14/h5-10,21H,1-4H3,(H2,20,22). The second-order valence-corrected chi connectivity index (χ2v) is 8.77. The fourth-order valence-electron chi connectivity index (χ4n) is 3.22. The molecule has 1 amide bonds. The van der Waals surface area contributed by atoms with Gasteiger partial charge in [0.2, 0.25) is 0 Å². The average Bonchev–Trinajstić information content (AvgIpc) is 2.92. The van der Waals surface area contributed by atoms with Gasteiger partial charge in [0.25, 0.3) is 13.3 Å². The Balaban J connectivity index is 2.42. The first-order valence-corrected chi connectivity index (χ1v) is 9.56. The molecule has 0 fully saturated rings. The number of hydrogen-bond acceptors (Lipinski definition) is 3. The summed E-state index contributed by atoms with van der Waals surface area (Å²) in [4.78, 5) is 15.0. The number of rotatable bonds is 4. The number of amides is 1. The lowest BCUT2D eigenvalue weighted by atomic mass is 10.2. The number of nitrogens with one attached hydrogen (secondary N) is 1. The highest BCUT2D eigenvalue weighted by Gasteiger charge is 2.35. The van der Waals surface area contributed by atoms with Crippen LogP contribution in [0.15, 0.2) is 36.4 Å². The Morgan fingerprint density at radius 2 is 1.68 bits per heavy atom. The summed E-state index contributed by atoms with van der Waals surface area (Å²) in [5.41, 5.74) is 9.34. The summed E-state index contributed by atoms with van der Waals surface area (Å²) in [6.07, 6.45) is 0. The predicted octanol–water partition coefficient (Wildman–Crippen LogP) is 3.07. The lowest BCUT2D eigenvalue weighted by Gasteiger charge is -2.18. The van der Waals surface area contributed by atoms with Gasteiger partial charge in [0.05, 0.1) is 5.30 Å². The molecule has 130 valence electrons. The number of hydrogen-bond donors (Lipinski definition) is 2. The van der Waals surface area contributed by atoms with Crippen molar-refractivity contribution < 1.29 is 13.9 Å². The summed E-state index contributed by atoms with van der Waals surface area (Å²) in [6, 6.07) is 11.3. The molecule has 25 heavy (non-hydrogen) atoms. The van der Waals surface area contributed by atoms with Gasteiger partial charge in [0, 0.05) is 23.3 Å². The Hall–Kier alpha value is -2.36. The molecule has 0 spiro atoms. The second-order valence-electron chi connectivity index (χ2n) is 6.34. The van der Waals surface area contributed by atoms with Crippen LogP contribution in [0.3, 0.4) is 0 Å². The number of benzene rings is 2. The molecule has 0 aliphatic carbocycles. The van der Waals surface area contributed by atoms with Crippen molar-refractivity contribution in [1.29, 1.82) is 0 Å². The highest BCUT2D eigenvalue weighted by molar-refractivity contribution is 7.75. The van der Waals surface area contributed by atoms with Crippen LogP contribution in [-0.2, 0) is 9.09 Å². The Kier molecular flexibility index (Phi) is 4.31. The van der Waals surface area contributed by atoms with E-state index in [4.69, 9.17) is 10.3 Å². The minimum absolute atomic E-state index is 0.130. The van der Waals surface area contributed by atoms with Crippen LogP contribution in [0, 0.1) is 20.8 Å². The van der Waals surface area contributed by atoms with E-state index in [2.05, 4.69) is 4.98 Å². The largest absolute Gasteiger partial charge is 0.364 e. The van der Waals surface area contributed by atoms with Gasteiger partial charge in [0.1, 0.15) is 5.69 Å². The summed E-state index contributed by atoms with van der Waals surface area (Å²) < 4.78 is 19.5. The van der Waals surface area contributed by atoms with Crippen LogP contribution in [0.4, 0.5) is 0 Å². The van der Waals surface area contributed by atoms with Crippen LogP contribution in [-0.4, -0.2) is 18.0 Å². The molecule has 1 unspecified atom stereocenters. The van der Waals surface area contributed by atoms with Gasteiger partial charge in [0.15, 0.2) is 0 Å². The Morgan fingerprint density at radius 1 is 1.04 bits per heavy atom. The summed E-state index contributed by atoms with van der Waals surface area (Å²) >= 11 is 0. The second kappa shape index (κ2) is 6.17. The van der Waals surface area contributed by atoms with Crippen LogP contribution in [0.2, 0.25) is 0 Å². The van der Waals surface area contributed by atoms with Gasteiger partial charge >= 0.3 is 0 Å². The summed E-state index contributed by atoms with van der Waals surface area (Å²) in [6.45, 7) is 5.81. The van der Waals surface area contributed by atoms with E-state index in [1.165, 1.54) is 7.11 Å². The molecule has 3 aromatic rings. The molecule has 1 atom stereocenters. The van der Waals surface area contributed by atoms with Crippen molar-refractivity contribution in [1.82, 2.24) is 4.98 Å². The fourth-order valence-corrected chi connectivity index (χ4v) is 5.58. The number of primary amides is 1. The predicted molar refractivity (Wildman–Crippen MR) is 101 cm³/mol. The maximum Gasteiger partial charge on any atom is 0.266 e. The number of aryl methyl sites for hydroxylation is 3. The molecule has 0 aliphatic rings. The van der Waals surface area contributed by atoms with E-state index in [0.717, 1.165) is 16.7 Å². The maximum absolute atomic E-state index is 14.0. The van der Waals surface area contributed by atoms with Crippen LogP contribution in [0.25, 0.3) is 10.9 Å². The van der Waals surface area contributed by atoms with Gasteiger partial charge in [-0.15, -0.1) is 0 Å². The Morgan fingerprint density at radius 3 is 2.24 bits per heavy atom. The van der Waals surface area contributed by atoms with E-state index in [1.807, 2.05) is 57.2 Å². The van der Waals surface area contributed by atoms with Crippen LogP contribution in [0.1, 0.15) is 27.2 Å². The van der Waals surface area contributed by atoms with Crippen LogP contribution >= 0.6 is 7.37 Å². The number of carbonyl (C=O) groups is 1. The summed E-state index contributed by atoms with van der Waals surface area (Å²) in [5, 5.41) is 1.58. The molecule has 3 N–H and O–H groups in total. The van der Waals surface area contributed by atoms with Gasteiger partial charge in [-0.05, 0) is 45.0 Å². The monoisotopic (exact) mass is 356 g/mol. The zero-order valence-electron chi connectivity index (χ0n) is 14.7. The first-order chi connectivity index (χ1) is 11.8. The molecule has 0 bridgehead atoms. The molecule has 5 nitrogen and oxygen atoms in total. The topological polar surface area (TPSA) is 85.2 Å². The lowest BCUT2D eigenvalue weighted by Crippen LogP contribution is -2.26. The van der Waals surface area contributed by atoms with Gasteiger partial charge < -0.3 is 15.2 Å². The Labute approximate surface area is 146 Å². The molecule has 1 heterocycles. The van der Waals surface area contributed by atoms with Crippen molar-refractivity contribution in [2.24, 2.45) is 5.73 Å². The highest BCUT2D eigenvalue weighted by Crippen LogP contribution is 2.47. The molecular formula is C19H21N2O3P. The van der Waals surface area contributed by atoms with Gasteiger partial charge in [-0.25, -0.2) is 0 Å². The van der Waals surface area contributed by atoms with Crippen LogP contribution < -0.4 is 16.3 Å². The number of nitrogens with two attached hydrogens (primary N) is 1. The van der Waals surface area contributed by atoms with Gasteiger partial charge in [-0.1, -0.05) is 28.8 Å². The van der Waals surface area contributed by atoms with Gasteiger partial charge in [-0.3, -0.25) is 9.36 Å². The molecule has 6 heteroatoms. The third kappa shape index (κ3) is 2.90. The molecule has 1 aromatic heterocycles. The molecule has 2 aromatic carbocycles. The third-order valence-corrected chi connectivity index (χ3v) is 6.78. The van der Waals surface area contributed by atoms with Crippen molar-refractivity contribution >= 4 is 34.8 Å². The smallest absolute Gasteiger partial charge is 0.266 e. The molecule has 0 saturated carbocycles. The quantitative estimate of drug-likeness (QED) is 0.705. The third-order valence-electron chi connectivity index (χ3n) is 4.27. The minimum Gasteiger partial charge on any atom is -0.364 e. The zero-order chi connectivity index (χ0) is 18.4. The van der Waals surface area contributed by atoms with E-state index in [0.29, 0.717) is 21.5 Å². The van der Waals surface area contributed by atoms with E-state index < -0.39 is 13.3 Å². The molecule has 3 rings (SSSR count). The molecule has 0 aliphatic heterocycles. The lowest BCUT2D eigenvalue weighted by molar-refractivity contribution is 0.0997. The maximum atomic E-state index is 14.0. The molecule has 0 radical (unpaired) electrons. The molecule has 0 saturated heterocycles. The summed E-state index contributed by atoms with van der Waals surface area (Å²) in [7, 11) is -2.10. The van der Waals surface area contributed by atoms with Crippen molar-refractivity contribution in [3.63, 3.8) is 0 Å². The summed E-state index contributed by atoms with van der Waals surface area (Å²) in [5.74, 6) is -0.662. The van der Waals surface area contributed by atoms with Crippen molar-refractivity contribution in [3.05, 3.63) is 58.8 Å². The SMILES string of the molecule is COP(=O)(c1cc(C)cc(C)c1)c1c(C(N)=O)[nH]c2ccc(C)cc12. The number of aromatic amines is 1. The van der Waals surface area contributed by atoms with Crippen molar-refractivity contribution in [2.75, 3.05) is 7.11 Å². The van der Waals surface area contributed by atoms with Crippen LogP contribution in [0.5, 0.6) is 0 Å². The van der Waals surface area contributed by atoms with E-state index in [9.17, 15) is 9.36 Å². The fraction of sp³-hybridized carbons (Fsp3) is 0.211. The first-order valence-electron chi connectivity index (χ1n) is 7.93. The minimum atomic E-state index is -3.50. The normalized spacial score (nSPS) is 13.8. The van der Waals surface area contributed by atoms with Crippen molar-refractivity contribution in [2.45, 2.75) is 20.8 Å². The molecular weight excluding hydrogens is 335 g/mol. The number of fused-ring (bicyclic) bond motifs is 1. The first kappa shape index (κ1) is 17.5. The van der Waals surface area contributed by atoms with Crippen molar-refractivity contribution in [3.8, 4) is 0 Å². The number of carbonyl (C=O) groups excluding carboxylic acids is 1. The van der Waals surface area contributed by atoms with E-state index >= 15 is 0 Å².